The van der Waals surface area contributed by atoms with E-state index in [9.17, 15) is 33.6 Å². The Morgan fingerprint density at radius 3 is 1.96 bits per heavy atom. The number of aliphatic carboxylic acids is 1. The fourth-order valence-corrected chi connectivity index (χ4v) is 3.81. The minimum atomic E-state index is -1.24. The second-order valence-corrected chi connectivity index (χ2v) is 11.7. The zero-order chi connectivity index (χ0) is 34.8. The van der Waals surface area contributed by atoms with Crippen LogP contribution in [0, 0.1) is 17.8 Å². The van der Waals surface area contributed by atoms with Gasteiger partial charge in [0.05, 0.1) is 25.7 Å². The van der Waals surface area contributed by atoms with E-state index in [-0.39, 0.29) is 62.7 Å². The number of amides is 4. The van der Waals surface area contributed by atoms with Gasteiger partial charge >= 0.3 is 11.9 Å². The number of hydrogen-bond acceptors (Lipinski definition) is 9. The maximum atomic E-state index is 13.1. The van der Waals surface area contributed by atoms with Gasteiger partial charge in [0.2, 0.25) is 23.6 Å². The molecule has 1 aromatic carbocycles. The monoisotopic (exact) mass is 648 g/mol. The molecule has 0 aliphatic heterocycles. The number of Topliss-reactive ketones (excluding diaryl/α,β-unsaturated/α-hetero) is 1. The number of ketones is 1. The lowest BCUT2D eigenvalue weighted by atomic mass is 10.0. The summed E-state index contributed by atoms with van der Waals surface area (Å²) >= 11 is 0. The summed E-state index contributed by atoms with van der Waals surface area (Å²) in [6.45, 7) is 10.2. The maximum Gasteiger partial charge on any atom is 0.308 e. The van der Waals surface area contributed by atoms with Crippen molar-refractivity contribution in [1.82, 2.24) is 16.0 Å². The van der Waals surface area contributed by atoms with Gasteiger partial charge in [-0.25, -0.2) is 0 Å². The van der Waals surface area contributed by atoms with E-state index in [0.29, 0.717) is 5.69 Å². The fourth-order valence-electron chi connectivity index (χ4n) is 3.81. The molecule has 4 amide bonds. The molecule has 5 N–H and O–H groups in total. The fraction of sp³-hybridized carbons (Fsp3) is 0.594. The average Bonchev–Trinajstić information content (AvgIpc) is 2.99. The summed E-state index contributed by atoms with van der Waals surface area (Å²) in [5.41, 5.74) is 1.19. The van der Waals surface area contributed by atoms with E-state index < -0.39 is 60.6 Å². The summed E-state index contributed by atoms with van der Waals surface area (Å²) in [6, 6.07) is 4.31. The van der Waals surface area contributed by atoms with Gasteiger partial charge in [0, 0.05) is 30.9 Å². The van der Waals surface area contributed by atoms with Crippen LogP contribution in [0.3, 0.4) is 0 Å². The molecule has 0 fully saturated rings. The molecule has 2 atom stereocenters. The molecule has 46 heavy (non-hydrogen) atoms. The van der Waals surface area contributed by atoms with Crippen molar-refractivity contribution in [2.24, 2.45) is 17.8 Å². The Morgan fingerprint density at radius 2 is 1.39 bits per heavy atom. The van der Waals surface area contributed by atoms with E-state index in [2.05, 4.69) is 21.3 Å². The van der Waals surface area contributed by atoms with Crippen LogP contribution in [0.4, 0.5) is 5.69 Å². The first-order valence-electron chi connectivity index (χ1n) is 15.4. The van der Waals surface area contributed by atoms with Crippen LogP contribution in [0.5, 0.6) is 0 Å². The SMILES string of the molecule is CC(C)C(=O)CCOCCC(=O)NC(CCC(=O)O)C(=O)NC(C(=O)NCC(=O)Nc1ccc(COC(=O)C(C)C)cc1)C(C)C. The van der Waals surface area contributed by atoms with E-state index >= 15 is 0 Å². The van der Waals surface area contributed by atoms with Gasteiger partial charge in [-0.3, -0.25) is 33.6 Å². The highest BCUT2D eigenvalue weighted by atomic mass is 16.5. The zero-order valence-electron chi connectivity index (χ0n) is 27.5. The molecule has 2 unspecified atom stereocenters. The van der Waals surface area contributed by atoms with Gasteiger partial charge in [-0.15, -0.1) is 0 Å². The number of benzene rings is 1. The van der Waals surface area contributed by atoms with Crippen LogP contribution < -0.4 is 21.3 Å². The molecule has 0 aliphatic rings. The molecule has 0 radical (unpaired) electrons. The van der Waals surface area contributed by atoms with E-state index in [1.807, 2.05) is 0 Å². The molecule has 1 aromatic rings. The number of hydrogen-bond donors (Lipinski definition) is 5. The van der Waals surface area contributed by atoms with Gasteiger partial charge in [0.1, 0.15) is 24.5 Å². The quantitative estimate of drug-likeness (QED) is 0.0967. The first-order valence-corrected chi connectivity index (χ1v) is 15.4. The van der Waals surface area contributed by atoms with Crippen LogP contribution in [-0.2, 0) is 49.6 Å². The van der Waals surface area contributed by atoms with E-state index in [4.69, 9.17) is 14.6 Å². The van der Waals surface area contributed by atoms with Crippen molar-refractivity contribution in [3.05, 3.63) is 29.8 Å². The first-order chi connectivity index (χ1) is 21.6. The maximum absolute atomic E-state index is 13.1. The van der Waals surface area contributed by atoms with Crippen LogP contribution in [0.1, 0.15) is 72.8 Å². The number of carbonyl (C=O) groups is 7. The van der Waals surface area contributed by atoms with Crippen LogP contribution in [0.15, 0.2) is 24.3 Å². The lowest BCUT2D eigenvalue weighted by Crippen LogP contribution is -2.56. The molecule has 0 bridgehead atoms. The Hall–Kier alpha value is -4.33. The van der Waals surface area contributed by atoms with Crippen molar-refractivity contribution in [1.29, 1.82) is 0 Å². The molecule has 256 valence electrons. The molecular formula is C32H48N4O10. The van der Waals surface area contributed by atoms with Crippen molar-refractivity contribution in [2.45, 2.75) is 85.9 Å². The Morgan fingerprint density at radius 1 is 0.761 bits per heavy atom. The second-order valence-electron chi connectivity index (χ2n) is 11.7. The Labute approximate surface area is 269 Å². The summed E-state index contributed by atoms with van der Waals surface area (Å²) in [6.07, 6.45) is -0.529. The van der Waals surface area contributed by atoms with Crippen molar-refractivity contribution in [2.75, 3.05) is 25.1 Å². The Bertz CT molecular complexity index is 1200. The van der Waals surface area contributed by atoms with Crippen molar-refractivity contribution < 1.29 is 48.1 Å². The second kappa shape index (κ2) is 20.7. The Kier molecular flexibility index (Phi) is 17.8. The van der Waals surface area contributed by atoms with Crippen LogP contribution in [0.2, 0.25) is 0 Å². The highest BCUT2D eigenvalue weighted by Crippen LogP contribution is 2.12. The predicted octanol–water partition coefficient (Wildman–Crippen LogP) is 1.95. The predicted molar refractivity (Wildman–Crippen MR) is 168 cm³/mol. The molecule has 0 aliphatic carbocycles. The molecule has 0 spiro atoms. The summed E-state index contributed by atoms with van der Waals surface area (Å²) in [5.74, 6) is -4.72. The van der Waals surface area contributed by atoms with E-state index in [0.717, 1.165) is 5.56 Å². The molecular weight excluding hydrogens is 600 g/mol. The molecule has 0 saturated carbocycles. The largest absolute Gasteiger partial charge is 0.481 e. The van der Waals surface area contributed by atoms with Gasteiger partial charge in [-0.05, 0) is 30.0 Å². The summed E-state index contributed by atoms with van der Waals surface area (Å²) in [5, 5.41) is 19.3. The Balaban J connectivity index is 2.67. The first kappa shape index (κ1) is 39.7. The molecule has 0 saturated heterocycles. The highest BCUT2D eigenvalue weighted by Gasteiger charge is 2.29. The number of carboxylic acid groups (broad SMARTS) is 1. The van der Waals surface area contributed by atoms with Gasteiger partial charge in [0.15, 0.2) is 0 Å². The molecule has 1 rings (SSSR count). The third kappa shape index (κ3) is 16.1. The van der Waals surface area contributed by atoms with Gasteiger partial charge < -0.3 is 35.8 Å². The van der Waals surface area contributed by atoms with Crippen molar-refractivity contribution in [3.63, 3.8) is 0 Å². The standard InChI is InChI=1S/C32H48N4O10/c1-19(2)25(37)13-15-45-16-14-26(38)35-24(11-12-28(40)41)30(42)36-29(20(3)4)31(43)33-17-27(39)34-23-9-7-22(8-10-23)18-46-32(44)21(5)6/h7-10,19-21,24,29H,11-18H2,1-6H3,(H,33,43)(H,34,39)(H,35,38)(H,36,42)(H,40,41). The van der Waals surface area contributed by atoms with Crippen LogP contribution in [-0.4, -0.2) is 78.3 Å². The molecule has 14 nitrogen and oxygen atoms in total. The molecule has 0 heterocycles. The average molecular weight is 649 g/mol. The number of anilines is 1. The summed E-state index contributed by atoms with van der Waals surface area (Å²) < 4.78 is 10.5. The summed E-state index contributed by atoms with van der Waals surface area (Å²) in [7, 11) is 0. The number of ether oxygens (including phenoxy) is 2. The van der Waals surface area contributed by atoms with Crippen LogP contribution >= 0.6 is 0 Å². The number of rotatable bonds is 21. The van der Waals surface area contributed by atoms with E-state index in [1.165, 1.54) is 0 Å². The van der Waals surface area contributed by atoms with Crippen molar-refractivity contribution in [3.8, 4) is 0 Å². The minimum absolute atomic E-state index is 0.00142. The minimum Gasteiger partial charge on any atom is -0.481 e. The number of nitrogens with one attached hydrogen (secondary N) is 4. The smallest absolute Gasteiger partial charge is 0.308 e. The van der Waals surface area contributed by atoms with E-state index in [1.54, 1.807) is 65.8 Å². The normalized spacial score (nSPS) is 12.3. The summed E-state index contributed by atoms with van der Waals surface area (Å²) in [4.78, 5) is 85.4. The number of esters is 1. The topological polar surface area (TPSA) is 206 Å². The third-order valence-corrected chi connectivity index (χ3v) is 6.67. The third-order valence-electron chi connectivity index (χ3n) is 6.67. The van der Waals surface area contributed by atoms with Gasteiger partial charge in [-0.2, -0.15) is 0 Å². The number of carboxylic acids is 1. The lowest BCUT2D eigenvalue weighted by molar-refractivity contribution is -0.148. The zero-order valence-corrected chi connectivity index (χ0v) is 27.5. The van der Waals surface area contributed by atoms with Gasteiger partial charge in [-0.1, -0.05) is 53.7 Å². The number of carbonyl (C=O) groups excluding carboxylic acids is 6. The molecule has 14 heteroatoms. The lowest BCUT2D eigenvalue weighted by Gasteiger charge is -2.25. The molecule has 0 aromatic heterocycles. The van der Waals surface area contributed by atoms with Gasteiger partial charge in [0.25, 0.3) is 0 Å². The highest BCUT2D eigenvalue weighted by molar-refractivity contribution is 5.97. The van der Waals surface area contributed by atoms with Crippen molar-refractivity contribution >= 4 is 47.0 Å². The van der Waals surface area contributed by atoms with Crippen LogP contribution in [0.25, 0.3) is 0 Å².